The standard InChI is InChI=1S/C11H20O2S/c1-2-3-4-5-6-10(12)11-9-14-8-7-13-11/h11H,2-9H2,1H3. The minimum Gasteiger partial charge on any atom is -0.369 e. The van der Waals surface area contributed by atoms with Gasteiger partial charge in [-0.2, -0.15) is 11.8 Å². The Balaban J connectivity index is 2.07. The molecular weight excluding hydrogens is 196 g/mol. The van der Waals surface area contributed by atoms with E-state index in [9.17, 15) is 4.79 Å². The largest absolute Gasteiger partial charge is 0.369 e. The van der Waals surface area contributed by atoms with Crippen molar-refractivity contribution < 1.29 is 9.53 Å². The fraction of sp³-hybridized carbons (Fsp3) is 0.909. The molecule has 1 heterocycles. The van der Waals surface area contributed by atoms with Gasteiger partial charge in [0, 0.05) is 17.9 Å². The second kappa shape index (κ2) is 7.30. The van der Waals surface area contributed by atoms with Crippen molar-refractivity contribution in [1.29, 1.82) is 0 Å². The van der Waals surface area contributed by atoms with E-state index in [-0.39, 0.29) is 6.10 Å². The Morgan fingerprint density at radius 2 is 2.29 bits per heavy atom. The SMILES string of the molecule is CCCCCCC(=O)C1CSCCO1. The maximum atomic E-state index is 11.6. The number of unbranched alkanes of at least 4 members (excludes halogenated alkanes) is 3. The van der Waals surface area contributed by atoms with E-state index in [4.69, 9.17) is 4.74 Å². The third-order valence-corrected chi connectivity index (χ3v) is 3.45. The number of rotatable bonds is 6. The van der Waals surface area contributed by atoms with Gasteiger partial charge in [0.25, 0.3) is 0 Å². The van der Waals surface area contributed by atoms with E-state index < -0.39 is 0 Å². The Labute approximate surface area is 90.8 Å². The van der Waals surface area contributed by atoms with Crippen molar-refractivity contribution in [2.24, 2.45) is 0 Å². The van der Waals surface area contributed by atoms with Crippen molar-refractivity contribution in [3.8, 4) is 0 Å². The van der Waals surface area contributed by atoms with E-state index in [2.05, 4.69) is 6.92 Å². The van der Waals surface area contributed by atoms with Crippen LogP contribution < -0.4 is 0 Å². The summed E-state index contributed by atoms with van der Waals surface area (Å²) < 4.78 is 5.43. The first-order chi connectivity index (χ1) is 6.84. The maximum absolute atomic E-state index is 11.6. The molecule has 0 N–H and O–H groups in total. The number of carbonyl (C=O) groups excluding carboxylic acids is 1. The van der Waals surface area contributed by atoms with E-state index in [0.717, 1.165) is 24.5 Å². The van der Waals surface area contributed by atoms with Gasteiger partial charge in [-0.3, -0.25) is 4.79 Å². The second-order valence-corrected chi connectivity index (χ2v) is 4.86. The highest BCUT2D eigenvalue weighted by Gasteiger charge is 2.21. The van der Waals surface area contributed by atoms with Crippen LogP contribution in [0.3, 0.4) is 0 Å². The smallest absolute Gasteiger partial charge is 0.162 e. The van der Waals surface area contributed by atoms with E-state index >= 15 is 0 Å². The third kappa shape index (κ3) is 4.47. The Hall–Kier alpha value is -0.0200. The molecular formula is C11H20O2S. The molecule has 1 unspecified atom stereocenters. The lowest BCUT2D eigenvalue weighted by molar-refractivity contribution is -0.129. The minimum absolute atomic E-state index is 0.102. The number of carbonyl (C=O) groups is 1. The van der Waals surface area contributed by atoms with Crippen LogP contribution >= 0.6 is 11.8 Å². The highest BCUT2D eigenvalue weighted by molar-refractivity contribution is 7.99. The molecule has 82 valence electrons. The second-order valence-electron chi connectivity index (χ2n) is 3.71. The van der Waals surface area contributed by atoms with Gasteiger partial charge in [0.15, 0.2) is 5.78 Å². The van der Waals surface area contributed by atoms with Gasteiger partial charge in [-0.25, -0.2) is 0 Å². The molecule has 0 aromatic carbocycles. The molecule has 0 aromatic heterocycles. The molecule has 0 aliphatic carbocycles. The summed E-state index contributed by atoms with van der Waals surface area (Å²) in [5.41, 5.74) is 0. The Morgan fingerprint density at radius 3 is 2.93 bits per heavy atom. The first kappa shape index (κ1) is 12.1. The van der Waals surface area contributed by atoms with Crippen molar-refractivity contribution in [3.05, 3.63) is 0 Å². The van der Waals surface area contributed by atoms with Gasteiger partial charge in [-0.05, 0) is 6.42 Å². The van der Waals surface area contributed by atoms with Gasteiger partial charge in [0.05, 0.1) is 6.61 Å². The van der Waals surface area contributed by atoms with Crippen molar-refractivity contribution in [1.82, 2.24) is 0 Å². The number of ether oxygens (including phenoxy) is 1. The molecule has 0 bridgehead atoms. The van der Waals surface area contributed by atoms with Crippen molar-refractivity contribution in [2.75, 3.05) is 18.1 Å². The van der Waals surface area contributed by atoms with Crippen LogP contribution in [0.5, 0.6) is 0 Å². The molecule has 1 saturated heterocycles. The van der Waals surface area contributed by atoms with Gasteiger partial charge >= 0.3 is 0 Å². The summed E-state index contributed by atoms with van der Waals surface area (Å²) in [6.45, 7) is 2.93. The Bertz CT molecular complexity index is 165. The van der Waals surface area contributed by atoms with Gasteiger partial charge < -0.3 is 4.74 Å². The summed E-state index contributed by atoms with van der Waals surface area (Å²) >= 11 is 1.83. The minimum atomic E-state index is -0.102. The number of hydrogen-bond donors (Lipinski definition) is 0. The molecule has 3 heteroatoms. The number of hydrogen-bond acceptors (Lipinski definition) is 3. The fourth-order valence-corrected chi connectivity index (χ4v) is 2.44. The molecule has 1 aliphatic heterocycles. The van der Waals surface area contributed by atoms with E-state index in [1.165, 1.54) is 19.3 Å². The van der Waals surface area contributed by atoms with Crippen LogP contribution in [0.4, 0.5) is 0 Å². The molecule has 1 aliphatic rings. The zero-order chi connectivity index (χ0) is 10.2. The average molecular weight is 216 g/mol. The topological polar surface area (TPSA) is 26.3 Å². The van der Waals surface area contributed by atoms with Crippen LogP contribution in [0.2, 0.25) is 0 Å². The zero-order valence-corrected chi connectivity index (χ0v) is 9.78. The number of thioether (sulfide) groups is 1. The van der Waals surface area contributed by atoms with Crippen molar-refractivity contribution >= 4 is 17.5 Å². The summed E-state index contributed by atoms with van der Waals surface area (Å²) in [4.78, 5) is 11.6. The average Bonchev–Trinajstić information content (AvgIpc) is 2.25. The number of ketones is 1. The molecule has 0 saturated carbocycles. The molecule has 0 amide bonds. The van der Waals surface area contributed by atoms with Gasteiger partial charge in [0.1, 0.15) is 6.10 Å². The molecule has 0 radical (unpaired) electrons. The normalized spacial score (nSPS) is 22.2. The molecule has 0 spiro atoms. The predicted molar refractivity (Wildman–Crippen MR) is 60.8 cm³/mol. The van der Waals surface area contributed by atoms with Crippen LogP contribution in [0.1, 0.15) is 39.0 Å². The number of Topliss-reactive ketones (excluding diaryl/α,β-unsaturated/α-hetero) is 1. The summed E-state index contributed by atoms with van der Waals surface area (Å²) in [6.07, 6.45) is 5.30. The summed E-state index contributed by atoms with van der Waals surface area (Å²) in [7, 11) is 0. The summed E-state index contributed by atoms with van der Waals surface area (Å²) in [6, 6.07) is 0. The molecule has 14 heavy (non-hydrogen) atoms. The van der Waals surface area contributed by atoms with Crippen molar-refractivity contribution in [3.63, 3.8) is 0 Å². The van der Waals surface area contributed by atoms with Crippen LogP contribution in [-0.2, 0) is 9.53 Å². The first-order valence-corrected chi connectivity index (χ1v) is 6.72. The highest BCUT2D eigenvalue weighted by atomic mass is 32.2. The predicted octanol–water partition coefficient (Wildman–Crippen LogP) is 2.66. The molecule has 1 fully saturated rings. The monoisotopic (exact) mass is 216 g/mol. The fourth-order valence-electron chi connectivity index (χ4n) is 1.56. The van der Waals surface area contributed by atoms with Crippen LogP contribution in [0.25, 0.3) is 0 Å². The van der Waals surface area contributed by atoms with E-state index in [1.807, 2.05) is 11.8 Å². The maximum Gasteiger partial charge on any atom is 0.162 e. The summed E-state index contributed by atoms with van der Waals surface area (Å²) in [5.74, 6) is 2.22. The molecule has 1 atom stereocenters. The van der Waals surface area contributed by atoms with Gasteiger partial charge in [-0.1, -0.05) is 26.2 Å². The van der Waals surface area contributed by atoms with E-state index in [0.29, 0.717) is 12.2 Å². The lowest BCUT2D eigenvalue weighted by atomic mass is 10.1. The lowest BCUT2D eigenvalue weighted by Crippen LogP contribution is -2.31. The van der Waals surface area contributed by atoms with Gasteiger partial charge in [0.2, 0.25) is 0 Å². The third-order valence-electron chi connectivity index (χ3n) is 2.45. The van der Waals surface area contributed by atoms with Crippen LogP contribution in [-0.4, -0.2) is 30.0 Å². The van der Waals surface area contributed by atoms with Gasteiger partial charge in [-0.15, -0.1) is 0 Å². The Morgan fingerprint density at radius 1 is 1.43 bits per heavy atom. The first-order valence-electron chi connectivity index (χ1n) is 5.56. The Kier molecular flexibility index (Phi) is 6.28. The van der Waals surface area contributed by atoms with Crippen molar-refractivity contribution in [2.45, 2.75) is 45.1 Å². The van der Waals surface area contributed by atoms with Crippen LogP contribution in [0.15, 0.2) is 0 Å². The van der Waals surface area contributed by atoms with Crippen LogP contribution in [0, 0.1) is 0 Å². The summed E-state index contributed by atoms with van der Waals surface area (Å²) in [5, 5.41) is 0. The zero-order valence-electron chi connectivity index (χ0n) is 8.96. The molecule has 0 aromatic rings. The highest BCUT2D eigenvalue weighted by Crippen LogP contribution is 2.15. The van der Waals surface area contributed by atoms with E-state index in [1.54, 1.807) is 0 Å². The molecule has 2 nitrogen and oxygen atoms in total. The quantitative estimate of drug-likeness (QED) is 0.638. The molecule has 1 rings (SSSR count). The lowest BCUT2D eigenvalue weighted by Gasteiger charge is -2.20.